The second-order valence-electron chi connectivity index (χ2n) is 8.55. The SMILES string of the molecule is CC/C=C/CCCCCCCCCCC(=O)C1=[N+](CC(O)CS(=O)(=O)O)CCN1CCO. The number of nitrogens with zero attached hydrogens (tertiary/aromatic N) is 2. The van der Waals surface area contributed by atoms with E-state index < -0.39 is 22.0 Å². The number of amidine groups is 1. The largest absolute Gasteiger partial charge is 0.392 e. The van der Waals surface area contributed by atoms with Crippen molar-refractivity contribution in [3.63, 3.8) is 0 Å². The molecule has 1 aliphatic heterocycles. The number of hydrogen-bond donors (Lipinski definition) is 3. The third-order valence-corrected chi connectivity index (χ3v) is 6.43. The molecular formula is C23H43N2O6S+. The first kappa shape index (κ1) is 28.7. The molecule has 0 saturated heterocycles. The average molecular weight is 476 g/mol. The molecule has 0 spiro atoms. The Morgan fingerprint density at radius 1 is 1.09 bits per heavy atom. The van der Waals surface area contributed by atoms with E-state index in [9.17, 15) is 23.4 Å². The molecule has 0 saturated carbocycles. The van der Waals surface area contributed by atoms with Gasteiger partial charge in [0.05, 0.1) is 6.61 Å². The summed E-state index contributed by atoms with van der Waals surface area (Å²) in [5.74, 6) is -0.374. The highest BCUT2D eigenvalue weighted by atomic mass is 32.2. The van der Waals surface area contributed by atoms with Crippen molar-refractivity contribution < 1.29 is 32.6 Å². The van der Waals surface area contributed by atoms with E-state index in [-0.39, 0.29) is 18.9 Å². The van der Waals surface area contributed by atoms with Gasteiger partial charge in [0.15, 0.2) is 0 Å². The van der Waals surface area contributed by atoms with E-state index >= 15 is 0 Å². The van der Waals surface area contributed by atoms with Crippen molar-refractivity contribution >= 4 is 21.7 Å². The summed E-state index contributed by atoms with van der Waals surface area (Å²) in [4.78, 5) is 14.6. The van der Waals surface area contributed by atoms with E-state index in [0.29, 0.717) is 31.9 Å². The van der Waals surface area contributed by atoms with Crippen LogP contribution in [0, 0.1) is 0 Å². The molecule has 0 amide bonds. The van der Waals surface area contributed by atoms with Crippen LogP contribution in [-0.2, 0) is 14.9 Å². The van der Waals surface area contributed by atoms with E-state index in [1.165, 1.54) is 38.5 Å². The van der Waals surface area contributed by atoms with Gasteiger partial charge in [-0.05, 0) is 25.7 Å². The van der Waals surface area contributed by atoms with Gasteiger partial charge in [0.1, 0.15) is 38.0 Å². The second-order valence-corrected chi connectivity index (χ2v) is 10.0. The van der Waals surface area contributed by atoms with Gasteiger partial charge in [-0.25, -0.2) is 0 Å². The second kappa shape index (κ2) is 16.3. The van der Waals surface area contributed by atoms with Crippen molar-refractivity contribution in [3.8, 4) is 0 Å². The zero-order chi connectivity index (χ0) is 23.8. The topological polar surface area (TPSA) is 118 Å². The van der Waals surface area contributed by atoms with Crippen LogP contribution in [0.5, 0.6) is 0 Å². The molecule has 3 N–H and O–H groups in total. The average Bonchev–Trinajstić information content (AvgIpc) is 3.09. The summed E-state index contributed by atoms with van der Waals surface area (Å²) in [5.41, 5.74) is 0. The molecule has 0 aromatic heterocycles. The van der Waals surface area contributed by atoms with Crippen molar-refractivity contribution in [2.24, 2.45) is 0 Å². The number of carbonyl (C=O) groups excluding carboxylic acids is 1. The van der Waals surface area contributed by atoms with Crippen LogP contribution in [0.25, 0.3) is 0 Å². The fourth-order valence-corrected chi connectivity index (χ4v) is 4.67. The molecule has 1 heterocycles. The zero-order valence-corrected chi connectivity index (χ0v) is 20.4. The molecule has 186 valence electrons. The summed E-state index contributed by atoms with van der Waals surface area (Å²) in [6.45, 7) is 3.34. The Balaban J connectivity index is 2.37. The van der Waals surface area contributed by atoms with Crippen molar-refractivity contribution in [3.05, 3.63) is 12.2 Å². The van der Waals surface area contributed by atoms with Crippen molar-refractivity contribution in [2.75, 3.05) is 38.5 Å². The van der Waals surface area contributed by atoms with Crippen LogP contribution in [0.2, 0.25) is 0 Å². The Morgan fingerprint density at radius 2 is 1.72 bits per heavy atom. The quantitative estimate of drug-likeness (QED) is 0.114. The van der Waals surface area contributed by atoms with E-state index in [1.807, 2.05) is 0 Å². The van der Waals surface area contributed by atoms with E-state index in [0.717, 1.165) is 25.7 Å². The fourth-order valence-electron chi connectivity index (χ4n) is 4.08. The van der Waals surface area contributed by atoms with Gasteiger partial charge in [-0.15, -0.1) is 0 Å². The van der Waals surface area contributed by atoms with E-state index in [2.05, 4.69) is 19.1 Å². The predicted octanol–water partition coefficient (Wildman–Crippen LogP) is 2.39. The number of aliphatic hydroxyl groups excluding tert-OH is 2. The lowest BCUT2D eigenvalue weighted by atomic mass is 10.0. The number of ketones is 1. The molecule has 8 nitrogen and oxygen atoms in total. The van der Waals surface area contributed by atoms with Gasteiger partial charge in [0.2, 0.25) is 5.78 Å². The van der Waals surface area contributed by atoms with Gasteiger partial charge in [-0.2, -0.15) is 8.42 Å². The lowest BCUT2D eigenvalue weighted by Gasteiger charge is -2.13. The van der Waals surface area contributed by atoms with Crippen LogP contribution >= 0.6 is 0 Å². The summed E-state index contributed by atoms with van der Waals surface area (Å²) in [5, 5.41) is 19.3. The molecule has 0 bridgehead atoms. The number of rotatable bonds is 19. The number of aliphatic hydroxyl groups is 2. The summed E-state index contributed by atoms with van der Waals surface area (Å²) in [6, 6.07) is 0. The van der Waals surface area contributed by atoms with Gasteiger partial charge in [0.25, 0.3) is 10.1 Å². The van der Waals surface area contributed by atoms with Crippen LogP contribution in [-0.4, -0.2) is 88.9 Å². The Labute approximate surface area is 193 Å². The Bertz CT molecular complexity index is 705. The first-order valence-corrected chi connectivity index (χ1v) is 13.7. The van der Waals surface area contributed by atoms with Crippen molar-refractivity contribution in [1.82, 2.24) is 4.90 Å². The van der Waals surface area contributed by atoms with Crippen molar-refractivity contribution in [2.45, 2.75) is 83.7 Å². The third kappa shape index (κ3) is 12.7. The van der Waals surface area contributed by atoms with Crippen LogP contribution in [0.3, 0.4) is 0 Å². The fraction of sp³-hybridized carbons (Fsp3) is 0.826. The molecule has 0 aromatic carbocycles. The van der Waals surface area contributed by atoms with Gasteiger partial charge in [-0.1, -0.05) is 57.6 Å². The predicted molar refractivity (Wildman–Crippen MR) is 127 cm³/mol. The molecule has 1 rings (SSSR count). The van der Waals surface area contributed by atoms with Crippen LogP contribution < -0.4 is 0 Å². The highest BCUT2D eigenvalue weighted by molar-refractivity contribution is 7.85. The number of unbranched alkanes of at least 4 members (excludes halogenated alkanes) is 8. The Hall–Kier alpha value is -1.29. The molecule has 32 heavy (non-hydrogen) atoms. The molecule has 0 aromatic rings. The molecule has 0 aliphatic carbocycles. The van der Waals surface area contributed by atoms with Crippen LogP contribution in [0.4, 0.5) is 0 Å². The molecule has 1 aliphatic rings. The smallest absolute Gasteiger partial charge is 0.316 e. The lowest BCUT2D eigenvalue weighted by molar-refractivity contribution is -0.525. The maximum atomic E-state index is 12.8. The molecule has 1 unspecified atom stereocenters. The Kier molecular flexibility index (Phi) is 14.7. The first-order chi connectivity index (χ1) is 15.3. The number of carbonyl (C=O) groups is 1. The molecular weight excluding hydrogens is 432 g/mol. The van der Waals surface area contributed by atoms with E-state index in [1.54, 1.807) is 9.48 Å². The molecule has 1 atom stereocenters. The van der Waals surface area contributed by atoms with E-state index in [4.69, 9.17) is 4.55 Å². The highest BCUT2D eigenvalue weighted by Gasteiger charge is 2.36. The number of allylic oxidation sites excluding steroid dienone is 2. The molecule has 0 radical (unpaired) electrons. The Morgan fingerprint density at radius 3 is 2.31 bits per heavy atom. The first-order valence-electron chi connectivity index (χ1n) is 12.1. The van der Waals surface area contributed by atoms with Crippen LogP contribution in [0.1, 0.15) is 77.6 Å². The molecule has 9 heteroatoms. The minimum absolute atomic E-state index is 0.0446. The van der Waals surface area contributed by atoms with Gasteiger partial charge >= 0.3 is 5.84 Å². The molecule has 0 fully saturated rings. The van der Waals surface area contributed by atoms with Gasteiger partial charge in [0, 0.05) is 6.42 Å². The minimum Gasteiger partial charge on any atom is -0.392 e. The number of β-amino-alcohol motifs (C(OH)–C–C–N with tert-alkyl or cyclic N) is 2. The van der Waals surface area contributed by atoms with Gasteiger partial charge in [-0.3, -0.25) is 18.8 Å². The number of hydrogen-bond acceptors (Lipinski definition) is 6. The lowest BCUT2D eigenvalue weighted by Crippen LogP contribution is -2.40. The minimum atomic E-state index is -4.29. The maximum absolute atomic E-state index is 12.8. The normalized spacial score (nSPS) is 15.8. The van der Waals surface area contributed by atoms with Gasteiger partial charge < -0.3 is 10.2 Å². The van der Waals surface area contributed by atoms with Crippen LogP contribution in [0.15, 0.2) is 12.2 Å². The highest BCUT2D eigenvalue weighted by Crippen LogP contribution is 2.13. The zero-order valence-electron chi connectivity index (χ0n) is 19.6. The third-order valence-electron chi connectivity index (χ3n) is 5.62. The summed E-state index contributed by atoms with van der Waals surface area (Å²) >= 11 is 0. The summed E-state index contributed by atoms with van der Waals surface area (Å²) in [7, 11) is -4.29. The standard InChI is InChI=1S/C23H42N2O6S/c1-2-3-4-5-6-7-8-9-10-11-12-13-14-22(28)23-24(17-18-26)15-16-25(23)19-21(27)20-32(29,30)31/h3-4,21,26-27H,2,5-20H2,1H3/p+1/b4-3+. The monoisotopic (exact) mass is 475 g/mol. The van der Waals surface area contributed by atoms with Crippen molar-refractivity contribution in [1.29, 1.82) is 0 Å². The summed E-state index contributed by atoms with van der Waals surface area (Å²) < 4.78 is 32.6. The number of Topliss-reactive ketones (excluding diaryl/α,β-unsaturated/α-hetero) is 1. The summed E-state index contributed by atoms with van der Waals surface area (Å²) in [6.07, 6.45) is 14.9. The maximum Gasteiger partial charge on any atom is 0.316 e.